The molecule has 0 radical (unpaired) electrons. The van der Waals surface area contributed by atoms with Crippen molar-refractivity contribution >= 4 is 23.2 Å². The Morgan fingerprint density at radius 3 is 2.53 bits per heavy atom. The third-order valence-corrected chi connectivity index (χ3v) is 3.49. The van der Waals surface area contributed by atoms with E-state index in [4.69, 9.17) is 28.9 Å². The van der Waals surface area contributed by atoms with E-state index in [0.717, 1.165) is 6.42 Å². The van der Waals surface area contributed by atoms with Gasteiger partial charge in [0.15, 0.2) is 0 Å². The Balaban J connectivity index is 3.18. The van der Waals surface area contributed by atoms with E-state index in [1.165, 1.54) is 12.1 Å². The third-order valence-electron chi connectivity index (χ3n) is 2.67. The molecule has 0 aromatic heterocycles. The van der Waals surface area contributed by atoms with E-state index in [0.29, 0.717) is 10.6 Å². The SMILES string of the molecule is CCC(C)[C@H](N)c1c(F)ccc(Cl)c1Cl. The lowest BCUT2D eigenvalue weighted by Gasteiger charge is -2.20. The molecule has 15 heavy (non-hydrogen) atoms. The van der Waals surface area contributed by atoms with Crippen molar-refractivity contribution in [3.63, 3.8) is 0 Å². The molecule has 0 fully saturated rings. The average molecular weight is 250 g/mol. The number of hydrogen-bond acceptors (Lipinski definition) is 1. The van der Waals surface area contributed by atoms with Crippen LogP contribution in [0.2, 0.25) is 10.0 Å². The molecule has 0 spiro atoms. The Labute approximate surface area is 99.4 Å². The second-order valence-corrected chi connectivity index (χ2v) is 4.45. The summed E-state index contributed by atoms with van der Waals surface area (Å²) in [6, 6.07) is 2.32. The molecule has 4 heteroatoms. The molecule has 1 nitrogen and oxygen atoms in total. The molecule has 84 valence electrons. The molecule has 1 unspecified atom stereocenters. The van der Waals surface area contributed by atoms with E-state index in [1.807, 2.05) is 13.8 Å². The molecule has 0 heterocycles. The van der Waals surface area contributed by atoms with Crippen molar-refractivity contribution in [2.45, 2.75) is 26.3 Å². The molecule has 2 atom stereocenters. The fraction of sp³-hybridized carbons (Fsp3) is 0.455. The smallest absolute Gasteiger partial charge is 0.129 e. The fourth-order valence-electron chi connectivity index (χ4n) is 1.39. The highest BCUT2D eigenvalue weighted by molar-refractivity contribution is 6.42. The van der Waals surface area contributed by atoms with Gasteiger partial charge >= 0.3 is 0 Å². The van der Waals surface area contributed by atoms with Gasteiger partial charge in [0.05, 0.1) is 10.0 Å². The van der Waals surface area contributed by atoms with Gasteiger partial charge < -0.3 is 5.73 Å². The van der Waals surface area contributed by atoms with Crippen molar-refractivity contribution in [2.24, 2.45) is 11.7 Å². The van der Waals surface area contributed by atoms with Crippen LogP contribution in [0.4, 0.5) is 4.39 Å². The minimum absolute atomic E-state index is 0.162. The zero-order valence-electron chi connectivity index (χ0n) is 8.73. The highest BCUT2D eigenvalue weighted by Crippen LogP contribution is 2.34. The molecule has 0 aliphatic heterocycles. The van der Waals surface area contributed by atoms with Gasteiger partial charge in [-0.3, -0.25) is 0 Å². The summed E-state index contributed by atoms with van der Waals surface area (Å²) in [6.45, 7) is 3.96. The van der Waals surface area contributed by atoms with Crippen LogP contribution >= 0.6 is 23.2 Å². The van der Waals surface area contributed by atoms with Crippen LogP contribution in [-0.4, -0.2) is 0 Å². The minimum atomic E-state index is -0.416. The molecule has 0 amide bonds. The van der Waals surface area contributed by atoms with Crippen LogP contribution in [0.3, 0.4) is 0 Å². The average Bonchev–Trinajstić information content (AvgIpc) is 2.22. The molecular weight excluding hydrogens is 236 g/mol. The van der Waals surface area contributed by atoms with Crippen molar-refractivity contribution in [2.75, 3.05) is 0 Å². The lowest BCUT2D eigenvalue weighted by Crippen LogP contribution is -2.20. The monoisotopic (exact) mass is 249 g/mol. The lowest BCUT2D eigenvalue weighted by molar-refractivity contribution is 0.439. The molecule has 0 saturated heterocycles. The van der Waals surface area contributed by atoms with Crippen molar-refractivity contribution < 1.29 is 4.39 Å². The first kappa shape index (κ1) is 12.8. The Bertz CT molecular complexity index is 355. The second-order valence-electron chi connectivity index (χ2n) is 3.67. The summed E-state index contributed by atoms with van der Waals surface area (Å²) in [7, 11) is 0. The summed E-state index contributed by atoms with van der Waals surface area (Å²) < 4.78 is 13.6. The van der Waals surface area contributed by atoms with Gasteiger partial charge in [-0.25, -0.2) is 4.39 Å². The molecule has 2 N–H and O–H groups in total. The first-order chi connectivity index (χ1) is 6.99. The van der Waals surface area contributed by atoms with Gasteiger partial charge in [-0.2, -0.15) is 0 Å². The predicted octanol–water partition coefficient (Wildman–Crippen LogP) is 4.18. The Kier molecular flexibility index (Phi) is 4.38. The van der Waals surface area contributed by atoms with Gasteiger partial charge in [0.2, 0.25) is 0 Å². The fourth-order valence-corrected chi connectivity index (χ4v) is 1.83. The van der Waals surface area contributed by atoms with Gasteiger partial charge in [-0.1, -0.05) is 43.5 Å². The number of halogens is 3. The maximum atomic E-state index is 13.6. The largest absolute Gasteiger partial charge is 0.324 e. The first-order valence-corrected chi connectivity index (χ1v) is 5.63. The summed E-state index contributed by atoms with van der Waals surface area (Å²) in [5.41, 5.74) is 6.25. The van der Waals surface area contributed by atoms with Crippen molar-refractivity contribution in [3.05, 3.63) is 33.6 Å². The molecule has 0 aliphatic rings. The molecular formula is C11H14Cl2FN. The number of nitrogens with two attached hydrogens (primary N) is 1. The van der Waals surface area contributed by atoms with Crippen LogP contribution in [0.15, 0.2) is 12.1 Å². The summed E-state index contributed by atoms with van der Waals surface area (Å²) in [5, 5.41) is 0.566. The van der Waals surface area contributed by atoms with Crippen LogP contribution in [0.25, 0.3) is 0 Å². The van der Waals surface area contributed by atoms with Gasteiger partial charge in [0, 0.05) is 11.6 Å². The number of hydrogen-bond donors (Lipinski definition) is 1. The van der Waals surface area contributed by atoms with E-state index in [2.05, 4.69) is 0 Å². The molecule has 1 rings (SSSR count). The van der Waals surface area contributed by atoms with Gasteiger partial charge in [-0.15, -0.1) is 0 Å². The van der Waals surface area contributed by atoms with Crippen LogP contribution in [-0.2, 0) is 0 Å². The summed E-state index contributed by atoms with van der Waals surface area (Å²) in [6.07, 6.45) is 0.865. The van der Waals surface area contributed by atoms with E-state index < -0.39 is 11.9 Å². The predicted molar refractivity (Wildman–Crippen MR) is 62.8 cm³/mol. The lowest BCUT2D eigenvalue weighted by atomic mass is 9.93. The topological polar surface area (TPSA) is 26.0 Å². The van der Waals surface area contributed by atoms with Crippen molar-refractivity contribution in [3.8, 4) is 0 Å². The first-order valence-electron chi connectivity index (χ1n) is 4.88. The Morgan fingerprint density at radius 1 is 1.40 bits per heavy atom. The summed E-state index contributed by atoms with van der Waals surface area (Å²) in [5.74, 6) is -0.229. The molecule has 0 saturated carbocycles. The van der Waals surface area contributed by atoms with Crippen LogP contribution in [0, 0.1) is 11.7 Å². The van der Waals surface area contributed by atoms with E-state index in [-0.39, 0.29) is 10.9 Å². The van der Waals surface area contributed by atoms with Gasteiger partial charge in [0.1, 0.15) is 5.82 Å². The Hall–Kier alpha value is -0.310. The second kappa shape index (κ2) is 5.15. The normalized spacial score (nSPS) is 15.1. The van der Waals surface area contributed by atoms with Gasteiger partial charge in [-0.05, 0) is 18.1 Å². The van der Waals surface area contributed by atoms with E-state index >= 15 is 0 Å². The standard InChI is InChI=1S/C11H14Cl2FN/c1-3-6(2)11(15)9-8(14)5-4-7(12)10(9)13/h4-6,11H,3,15H2,1-2H3/t6?,11-/m0/s1. The zero-order valence-corrected chi connectivity index (χ0v) is 10.2. The maximum absolute atomic E-state index is 13.6. The third kappa shape index (κ3) is 2.63. The summed E-state index contributed by atoms with van der Waals surface area (Å²) in [4.78, 5) is 0. The van der Waals surface area contributed by atoms with Crippen molar-refractivity contribution in [1.82, 2.24) is 0 Å². The van der Waals surface area contributed by atoms with E-state index in [1.54, 1.807) is 0 Å². The number of rotatable bonds is 3. The minimum Gasteiger partial charge on any atom is -0.324 e. The molecule has 1 aromatic carbocycles. The van der Waals surface area contributed by atoms with Crippen LogP contribution in [0.5, 0.6) is 0 Å². The van der Waals surface area contributed by atoms with Gasteiger partial charge in [0.25, 0.3) is 0 Å². The molecule has 1 aromatic rings. The quantitative estimate of drug-likeness (QED) is 0.800. The molecule has 0 bridgehead atoms. The van der Waals surface area contributed by atoms with Crippen molar-refractivity contribution in [1.29, 1.82) is 0 Å². The van der Waals surface area contributed by atoms with Crippen LogP contribution < -0.4 is 5.73 Å². The number of benzene rings is 1. The zero-order chi connectivity index (χ0) is 11.6. The molecule has 0 aliphatic carbocycles. The van der Waals surface area contributed by atoms with Crippen LogP contribution in [0.1, 0.15) is 31.9 Å². The highest BCUT2D eigenvalue weighted by Gasteiger charge is 2.21. The van der Waals surface area contributed by atoms with E-state index in [9.17, 15) is 4.39 Å². The highest BCUT2D eigenvalue weighted by atomic mass is 35.5. The Morgan fingerprint density at radius 2 is 2.00 bits per heavy atom. The summed E-state index contributed by atoms with van der Waals surface area (Å²) >= 11 is 11.8. The maximum Gasteiger partial charge on any atom is 0.129 e.